The number of halogens is 1. The highest BCUT2D eigenvalue weighted by molar-refractivity contribution is 6.30. The second kappa shape index (κ2) is 5.49. The summed E-state index contributed by atoms with van der Waals surface area (Å²) in [5, 5.41) is 0.696. The van der Waals surface area contributed by atoms with Gasteiger partial charge >= 0.3 is 0 Å². The monoisotopic (exact) mass is 254 g/mol. The van der Waals surface area contributed by atoms with Crippen LogP contribution in [0.1, 0.15) is 5.56 Å². The summed E-state index contributed by atoms with van der Waals surface area (Å²) in [4.78, 5) is 13.4. The molecule has 5 heteroatoms. The van der Waals surface area contributed by atoms with Crippen LogP contribution < -0.4 is 5.73 Å². The van der Waals surface area contributed by atoms with Gasteiger partial charge in [0.1, 0.15) is 6.61 Å². The number of nitrogens with two attached hydrogens (primary N) is 1. The van der Waals surface area contributed by atoms with Crippen LogP contribution in [-0.4, -0.2) is 36.6 Å². The van der Waals surface area contributed by atoms with Crippen LogP contribution in [0.25, 0.3) is 0 Å². The lowest BCUT2D eigenvalue weighted by atomic mass is 10.2. The number of nitrogens with zero attached hydrogens (tertiary/aromatic N) is 1. The molecule has 2 rings (SSSR count). The van der Waals surface area contributed by atoms with Gasteiger partial charge in [-0.15, -0.1) is 0 Å². The van der Waals surface area contributed by atoms with Gasteiger partial charge in [0.25, 0.3) is 0 Å². The molecule has 1 aliphatic heterocycles. The van der Waals surface area contributed by atoms with Gasteiger partial charge in [-0.3, -0.25) is 4.79 Å². The number of amides is 1. The highest BCUT2D eigenvalue weighted by atomic mass is 35.5. The Kier molecular flexibility index (Phi) is 3.99. The summed E-state index contributed by atoms with van der Waals surface area (Å²) in [6.07, 6.45) is -0.0556. The Bertz CT molecular complexity index is 394. The summed E-state index contributed by atoms with van der Waals surface area (Å²) < 4.78 is 5.29. The molecule has 1 amide bonds. The molecule has 1 atom stereocenters. The summed E-state index contributed by atoms with van der Waals surface area (Å²) in [5.74, 6) is 0.00431. The summed E-state index contributed by atoms with van der Waals surface area (Å²) in [5.41, 5.74) is 6.60. The molecule has 17 heavy (non-hydrogen) atoms. The first-order valence-corrected chi connectivity index (χ1v) is 5.90. The summed E-state index contributed by atoms with van der Waals surface area (Å²) in [6, 6.07) is 7.48. The first-order chi connectivity index (χ1) is 8.19. The predicted octanol–water partition coefficient (Wildman–Crippen LogP) is 1.03. The normalized spacial score (nSPS) is 20.7. The molecule has 1 saturated heterocycles. The number of ether oxygens (including phenoxy) is 1. The van der Waals surface area contributed by atoms with Crippen molar-refractivity contribution in [2.75, 3.05) is 19.7 Å². The summed E-state index contributed by atoms with van der Waals surface area (Å²) in [7, 11) is 0. The van der Waals surface area contributed by atoms with Crippen molar-refractivity contribution in [2.45, 2.75) is 12.6 Å². The molecule has 1 aromatic carbocycles. The quantitative estimate of drug-likeness (QED) is 0.877. The molecular weight excluding hydrogens is 240 g/mol. The standard InChI is InChI=1S/C12H15ClN2O2/c13-10-3-1-9(2-4-10)6-15-7-11(5-14)17-8-12(15)16/h1-4,11H,5-8,14H2. The van der Waals surface area contributed by atoms with Gasteiger partial charge in [0, 0.05) is 24.7 Å². The maximum absolute atomic E-state index is 11.7. The van der Waals surface area contributed by atoms with Gasteiger partial charge in [-0.2, -0.15) is 0 Å². The van der Waals surface area contributed by atoms with Crippen LogP contribution >= 0.6 is 11.6 Å². The number of morpholine rings is 1. The molecule has 1 heterocycles. The Balaban J connectivity index is 2.01. The fourth-order valence-corrected chi connectivity index (χ4v) is 1.91. The van der Waals surface area contributed by atoms with Crippen LogP contribution in [0.2, 0.25) is 5.02 Å². The molecule has 1 aliphatic rings. The van der Waals surface area contributed by atoms with Gasteiger partial charge in [-0.05, 0) is 17.7 Å². The molecule has 1 unspecified atom stereocenters. The minimum Gasteiger partial charge on any atom is -0.365 e. The molecule has 0 saturated carbocycles. The minimum absolute atomic E-state index is 0.00431. The number of benzene rings is 1. The van der Waals surface area contributed by atoms with Crippen molar-refractivity contribution in [1.82, 2.24) is 4.90 Å². The van der Waals surface area contributed by atoms with Crippen LogP contribution in [0.4, 0.5) is 0 Å². The first kappa shape index (κ1) is 12.4. The van der Waals surface area contributed by atoms with Crippen LogP contribution in [-0.2, 0) is 16.1 Å². The third-order valence-electron chi connectivity index (χ3n) is 2.77. The van der Waals surface area contributed by atoms with E-state index in [-0.39, 0.29) is 18.6 Å². The van der Waals surface area contributed by atoms with Crippen molar-refractivity contribution in [1.29, 1.82) is 0 Å². The zero-order valence-corrected chi connectivity index (χ0v) is 10.2. The average molecular weight is 255 g/mol. The van der Waals surface area contributed by atoms with Crippen molar-refractivity contribution in [2.24, 2.45) is 5.73 Å². The Hall–Kier alpha value is -1.10. The molecule has 92 valence electrons. The van der Waals surface area contributed by atoms with E-state index in [4.69, 9.17) is 22.1 Å². The fraction of sp³-hybridized carbons (Fsp3) is 0.417. The third-order valence-corrected chi connectivity index (χ3v) is 3.02. The number of carbonyl (C=O) groups excluding carboxylic acids is 1. The third kappa shape index (κ3) is 3.19. The molecule has 0 bridgehead atoms. The zero-order chi connectivity index (χ0) is 12.3. The smallest absolute Gasteiger partial charge is 0.248 e. The number of rotatable bonds is 3. The first-order valence-electron chi connectivity index (χ1n) is 5.53. The molecule has 1 fully saturated rings. The van der Waals surface area contributed by atoms with Crippen LogP contribution in [0.5, 0.6) is 0 Å². The van der Waals surface area contributed by atoms with Crippen molar-refractivity contribution < 1.29 is 9.53 Å². The van der Waals surface area contributed by atoms with Crippen LogP contribution in [0.3, 0.4) is 0 Å². The van der Waals surface area contributed by atoms with Gasteiger partial charge in [0.2, 0.25) is 5.91 Å². The highest BCUT2D eigenvalue weighted by Gasteiger charge is 2.25. The predicted molar refractivity (Wildman–Crippen MR) is 65.7 cm³/mol. The van der Waals surface area contributed by atoms with E-state index in [1.165, 1.54) is 0 Å². The van der Waals surface area contributed by atoms with E-state index in [1.807, 2.05) is 24.3 Å². The molecule has 1 aromatic rings. The molecule has 0 spiro atoms. The molecule has 0 aromatic heterocycles. The van der Waals surface area contributed by atoms with Crippen LogP contribution in [0.15, 0.2) is 24.3 Å². The van der Waals surface area contributed by atoms with E-state index in [2.05, 4.69) is 0 Å². The summed E-state index contributed by atoms with van der Waals surface area (Å²) >= 11 is 5.81. The van der Waals surface area contributed by atoms with Gasteiger partial charge in [-0.1, -0.05) is 23.7 Å². The van der Waals surface area contributed by atoms with Gasteiger partial charge < -0.3 is 15.4 Å². The topological polar surface area (TPSA) is 55.6 Å². The molecule has 4 nitrogen and oxygen atoms in total. The second-order valence-corrected chi connectivity index (χ2v) is 4.51. The average Bonchev–Trinajstić information content (AvgIpc) is 2.35. The number of carbonyl (C=O) groups is 1. The van der Waals surface area contributed by atoms with E-state index in [0.29, 0.717) is 24.7 Å². The Labute approximate surface area is 105 Å². The molecular formula is C12H15ClN2O2. The Morgan fingerprint density at radius 2 is 2.12 bits per heavy atom. The van der Waals surface area contributed by atoms with Gasteiger partial charge in [0.15, 0.2) is 0 Å². The minimum atomic E-state index is -0.0556. The molecule has 0 aliphatic carbocycles. The van der Waals surface area contributed by atoms with Gasteiger partial charge in [0.05, 0.1) is 6.10 Å². The highest BCUT2D eigenvalue weighted by Crippen LogP contribution is 2.14. The van der Waals surface area contributed by atoms with E-state index in [9.17, 15) is 4.79 Å². The van der Waals surface area contributed by atoms with Crippen molar-refractivity contribution in [3.63, 3.8) is 0 Å². The van der Waals surface area contributed by atoms with Crippen molar-refractivity contribution in [3.8, 4) is 0 Å². The molecule has 2 N–H and O–H groups in total. The number of hydrogen-bond donors (Lipinski definition) is 1. The summed E-state index contributed by atoms with van der Waals surface area (Å²) in [6.45, 7) is 1.69. The second-order valence-electron chi connectivity index (χ2n) is 4.07. The fourth-order valence-electron chi connectivity index (χ4n) is 1.79. The number of hydrogen-bond acceptors (Lipinski definition) is 3. The zero-order valence-electron chi connectivity index (χ0n) is 9.43. The van der Waals surface area contributed by atoms with E-state index < -0.39 is 0 Å². The van der Waals surface area contributed by atoms with E-state index >= 15 is 0 Å². The van der Waals surface area contributed by atoms with Crippen LogP contribution in [0, 0.1) is 0 Å². The Morgan fingerprint density at radius 3 is 2.76 bits per heavy atom. The lowest BCUT2D eigenvalue weighted by Crippen LogP contribution is -2.48. The van der Waals surface area contributed by atoms with Crippen molar-refractivity contribution >= 4 is 17.5 Å². The lowest BCUT2D eigenvalue weighted by molar-refractivity contribution is -0.149. The Morgan fingerprint density at radius 1 is 1.41 bits per heavy atom. The lowest BCUT2D eigenvalue weighted by Gasteiger charge is -2.32. The maximum atomic E-state index is 11.7. The van der Waals surface area contributed by atoms with E-state index in [0.717, 1.165) is 5.56 Å². The SMILES string of the molecule is NCC1CN(Cc2ccc(Cl)cc2)C(=O)CO1. The molecule has 0 radical (unpaired) electrons. The maximum Gasteiger partial charge on any atom is 0.248 e. The van der Waals surface area contributed by atoms with Gasteiger partial charge in [-0.25, -0.2) is 0 Å². The van der Waals surface area contributed by atoms with E-state index in [1.54, 1.807) is 4.90 Å². The largest absolute Gasteiger partial charge is 0.365 e. The van der Waals surface area contributed by atoms with Crippen molar-refractivity contribution in [3.05, 3.63) is 34.9 Å².